The zero-order chi connectivity index (χ0) is 10.3. The molecule has 1 aliphatic heterocycles. The summed E-state index contributed by atoms with van der Waals surface area (Å²) in [5.41, 5.74) is 2.43. The first-order valence-electron chi connectivity index (χ1n) is 4.78. The molecule has 1 aromatic carbocycles. The van der Waals surface area contributed by atoms with Crippen molar-refractivity contribution in [2.75, 3.05) is 7.05 Å². The minimum absolute atomic E-state index is 0.147. The molecule has 1 heterocycles. The molecule has 2 unspecified atom stereocenters. The van der Waals surface area contributed by atoms with Crippen LogP contribution < -0.4 is 10.1 Å². The summed E-state index contributed by atoms with van der Waals surface area (Å²) in [6.45, 7) is 4.14. The maximum Gasteiger partial charge on any atom is 0.143 e. The zero-order valence-electron chi connectivity index (χ0n) is 8.60. The Morgan fingerprint density at radius 3 is 2.79 bits per heavy atom. The quantitative estimate of drug-likeness (QED) is 0.771. The fourth-order valence-electron chi connectivity index (χ4n) is 2.05. The van der Waals surface area contributed by atoms with Gasteiger partial charge >= 0.3 is 0 Å². The van der Waals surface area contributed by atoms with Gasteiger partial charge < -0.3 is 10.1 Å². The van der Waals surface area contributed by atoms with E-state index in [1.807, 2.05) is 19.2 Å². The molecule has 2 rings (SSSR count). The monoisotopic (exact) mass is 211 g/mol. The molecular formula is C11H14ClNO. The minimum atomic E-state index is 0.147. The predicted octanol–water partition coefficient (Wildman–Crippen LogP) is 2.69. The Morgan fingerprint density at radius 2 is 2.14 bits per heavy atom. The van der Waals surface area contributed by atoms with Gasteiger partial charge in [0.25, 0.3) is 0 Å². The van der Waals surface area contributed by atoms with Crippen molar-refractivity contribution < 1.29 is 4.74 Å². The topological polar surface area (TPSA) is 21.3 Å². The number of halogens is 1. The Morgan fingerprint density at radius 1 is 1.43 bits per heavy atom. The summed E-state index contributed by atoms with van der Waals surface area (Å²) < 4.78 is 5.73. The second-order valence-electron chi connectivity index (χ2n) is 3.70. The van der Waals surface area contributed by atoms with Crippen LogP contribution in [0.2, 0.25) is 5.02 Å². The van der Waals surface area contributed by atoms with Crippen LogP contribution >= 0.6 is 11.6 Å². The number of aryl methyl sites for hydroxylation is 1. The van der Waals surface area contributed by atoms with Gasteiger partial charge in [-0.05, 0) is 32.5 Å². The third-order valence-corrected chi connectivity index (χ3v) is 3.06. The van der Waals surface area contributed by atoms with E-state index in [0.717, 1.165) is 5.75 Å². The van der Waals surface area contributed by atoms with Gasteiger partial charge in [-0.25, -0.2) is 0 Å². The van der Waals surface area contributed by atoms with E-state index in [9.17, 15) is 0 Å². The van der Waals surface area contributed by atoms with Crippen LogP contribution in [0.3, 0.4) is 0 Å². The Hall–Kier alpha value is -0.730. The highest BCUT2D eigenvalue weighted by atomic mass is 35.5. The molecule has 0 spiro atoms. The molecule has 1 aromatic rings. The second kappa shape index (κ2) is 3.44. The van der Waals surface area contributed by atoms with Crippen molar-refractivity contribution in [3.63, 3.8) is 0 Å². The minimum Gasteiger partial charge on any atom is -0.487 e. The summed E-state index contributed by atoms with van der Waals surface area (Å²) in [6, 6.07) is 4.18. The van der Waals surface area contributed by atoms with E-state index in [-0.39, 0.29) is 12.1 Å². The van der Waals surface area contributed by atoms with Gasteiger partial charge in [0.15, 0.2) is 0 Å². The normalized spacial score (nSPS) is 24.6. The van der Waals surface area contributed by atoms with Crippen LogP contribution in [0.15, 0.2) is 12.1 Å². The highest BCUT2D eigenvalue weighted by Crippen LogP contribution is 2.43. The predicted molar refractivity (Wildman–Crippen MR) is 58.1 cm³/mol. The Kier molecular flexibility index (Phi) is 2.41. The first-order valence-corrected chi connectivity index (χ1v) is 5.16. The highest BCUT2D eigenvalue weighted by Gasteiger charge is 2.32. The molecule has 0 aromatic heterocycles. The van der Waals surface area contributed by atoms with Crippen LogP contribution in [0.1, 0.15) is 24.1 Å². The van der Waals surface area contributed by atoms with Gasteiger partial charge in [-0.2, -0.15) is 0 Å². The summed E-state index contributed by atoms with van der Waals surface area (Å²) in [6.07, 6.45) is 0.147. The molecule has 0 bridgehead atoms. The van der Waals surface area contributed by atoms with Crippen molar-refractivity contribution in [2.24, 2.45) is 0 Å². The Bertz CT molecular complexity index is 365. The van der Waals surface area contributed by atoms with Crippen molar-refractivity contribution in [1.82, 2.24) is 5.32 Å². The first kappa shape index (κ1) is 9.81. The van der Waals surface area contributed by atoms with Gasteiger partial charge in [0, 0.05) is 5.56 Å². The van der Waals surface area contributed by atoms with Crippen LogP contribution in [0.25, 0.3) is 0 Å². The van der Waals surface area contributed by atoms with Crippen molar-refractivity contribution in [2.45, 2.75) is 26.0 Å². The molecule has 76 valence electrons. The van der Waals surface area contributed by atoms with Crippen LogP contribution in [0.5, 0.6) is 5.75 Å². The molecule has 3 heteroatoms. The molecule has 0 fully saturated rings. The maximum absolute atomic E-state index is 6.08. The van der Waals surface area contributed by atoms with Crippen LogP contribution in [-0.2, 0) is 0 Å². The molecule has 0 radical (unpaired) electrons. The van der Waals surface area contributed by atoms with Crippen molar-refractivity contribution in [3.05, 3.63) is 28.3 Å². The van der Waals surface area contributed by atoms with Gasteiger partial charge in [0.05, 0.1) is 11.1 Å². The molecule has 1 aliphatic rings. The standard InChI is InChI=1S/C11H14ClNO/c1-6-4-5-8(12)11-9(6)10(13-3)7(2)14-11/h4-5,7,10,13H,1-3H3. The van der Waals surface area contributed by atoms with Crippen LogP contribution in [0, 0.1) is 6.92 Å². The summed E-state index contributed by atoms with van der Waals surface area (Å²) in [7, 11) is 1.94. The lowest BCUT2D eigenvalue weighted by Gasteiger charge is -2.14. The number of hydrogen-bond acceptors (Lipinski definition) is 2. The van der Waals surface area contributed by atoms with E-state index < -0.39 is 0 Å². The Labute approximate surface area is 89.2 Å². The van der Waals surface area contributed by atoms with Gasteiger partial charge in [0.2, 0.25) is 0 Å². The van der Waals surface area contributed by atoms with E-state index in [1.54, 1.807) is 0 Å². The number of ether oxygens (including phenoxy) is 1. The molecule has 1 N–H and O–H groups in total. The molecule has 0 amide bonds. The Balaban J connectivity index is 2.57. The number of fused-ring (bicyclic) bond motifs is 1. The van der Waals surface area contributed by atoms with Gasteiger partial charge in [-0.3, -0.25) is 0 Å². The molecule has 0 aliphatic carbocycles. The number of hydrogen-bond donors (Lipinski definition) is 1. The fraction of sp³-hybridized carbons (Fsp3) is 0.455. The molecule has 2 nitrogen and oxygen atoms in total. The molecule has 0 saturated carbocycles. The molecular weight excluding hydrogens is 198 g/mol. The van der Waals surface area contributed by atoms with E-state index >= 15 is 0 Å². The number of rotatable bonds is 1. The number of nitrogens with one attached hydrogen (secondary N) is 1. The lowest BCUT2D eigenvalue weighted by molar-refractivity contribution is 0.214. The summed E-state index contributed by atoms with van der Waals surface area (Å²) in [5.74, 6) is 0.846. The number of benzene rings is 1. The summed E-state index contributed by atoms with van der Waals surface area (Å²) in [4.78, 5) is 0. The van der Waals surface area contributed by atoms with E-state index in [1.165, 1.54) is 11.1 Å². The highest BCUT2D eigenvalue weighted by molar-refractivity contribution is 6.32. The third kappa shape index (κ3) is 1.30. The lowest BCUT2D eigenvalue weighted by Crippen LogP contribution is -2.25. The first-order chi connectivity index (χ1) is 6.65. The average molecular weight is 212 g/mol. The van der Waals surface area contributed by atoms with Gasteiger partial charge in [-0.1, -0.05) is 17.7 Å². The van der Waals surface area contributed by atoms with Crippen molar-refractivity contribution in [1.29, 1.82) is 0 Å². The van der Waals surface area contributed by atoms with Crippen LogP contribution in [0.4, 0.5) is 0 Å². The van der Waals surface area contributed by atoms with E-state index in [0.29, 0.717) is 5.02 Å². The number of likely N-dealkylation sites (N-methyl/N-ethyl adjacent to an activating group) is 1. The molecule has 2 atom stereocenters. The summed E-state index contributed by atoms with van der Waals surface area (Å²) >= 11 is 6.08. The van der Waals surface area contributed by atoms with Crippen molar-refractivity contribution >= 4 is 11.6 Å². The van der Waals surface area contributed by atoms with Gasteiger partial charge in [0.1, 0.15) is 11.9 Å². The van der Waals surface area contributed by atoms with E-state index in [4.69, 9.17) is 16.3 Å². The van der Waals surface area contributed by atoms with Crippen molar-refractivity contribution in [3.8, 4) is 5.75 Å². The second-order valence-corrected chi connectivity index (χ2v) is 4.10. The maximum atomic E-state index is 6.08. The average Bonchev–Trinajstić information content (AvgIpc) is 2.50. The smallest absolute Gasteiger partial charge is 0.143 e. The largest absolute Gasteiger partial charge is 0.487 e. The third-order valence-electron chi connectivity index (χ3n) is 2.76. The van der Waals surface area contributed by atoms with Gasteiger partial charge in [-0.15, -0.1) is 0 Å². The zero-order valence-corrected chi connectivity index (χ0v) is 9.35. The van der Waals surface area contributed by atoms with E-state index in [2.05, 4.69) is 19.2 Å². The lowest BCUT2D eigenvalue weighted by atomic mass is 10.00. The molecule has 14 heavy (non-hydrogen) atoms. The molecule has 0 saturated heterocycles. The van der Waals surface area contributed by atoms with Crippen LogP contribution in [-0.4, -0.2) is 13.2 Å². The summed E-state index contributed by atoms with van der Waals surface area (Å²) in [5, 5.41) is 3.96. The SMILES string of the molecule is CNC1c2c(C)ccc(Cl)c2OC1C. The fourth-order valence-corrected chi connectivity index (χ4v) is 2.25.